The van der Waals surface area contributed by atoms with Crippen LogP contribution in [0.3, 0.4) is 0 Å². The van der Waals surface area contributed by atoms with Crippen molar-refractivity contribution >= 4 is 40.3 Å². The highest BCUT2D eigenvalue weighted by atomic mass is 32.2. The first-order chi connectivity index (χ1) is 10.1. The number of amides is 1. The Balaban J connectivity index is 1.96. The number of aryl methyl sites for hydroxylation is 1. The minimum absolute atomic E-state index is 0.119. The van der Waals surface area contributed by atoms with Gasteiger partial charge in [-0.05, 0) is 35.8 Å². The summed E-state index contributed by atoms with van der Waals surface area (Å²) in [6, 6.07) is 16.5. The van der Waals surface area contributed by atoms with Gasteiger partial charge in [0, 0.05) is 0 Å². The lowest BCUT2D eigenvalue weighted by atomic mass is 10.0. The standard InChI is InChI=1S/C17H13NOS2/c1-11-4-2-6-13(8-11)14-7-3-5-12(9-14)10-15-16(19)18-17(20)21-15/h2-10H,1H3,(H,18,19,20)/b15-10-. The van der Waals surface area contributed by atoms with E-state index in [0.717, 1.165) is 11.1 Å². The van der Waals surface area contributed by atoms with Crippen molar-refractivity contribution < 1.29 is 4.79 Å². The molecule has 1 amide bonds. The molecule has 1 heterocycles. The predicted octanol–water partition coefficient (Wildman–Crippen LogP) is 4.15. The van der Waals surface area contributed by atoms with E-state index in [1.165, 1.54) is 22.9 Å². The maximum atomic E-state index is 11.7. The van der Waals surface area contributed by atoms with E-state index >= 15 is 0 Å². The van der Waals surface area contributed by atoms with Gasteiger partial charge in [0.2, 0.25) is 0 Å². The van der Waals surface area contributed by atoms with E-state index in [4.69, 9.17) is 12.2 Å². The van der Waals surface area contributed by atoms with Gasteiger partial charge in [-0.2, -0.15) is 0 Å². The second-order valence-electron chi connectivity index (χ2n) is 4.85. The van der Waals surface area contributed by atoms with Crippen LogP contribution in [-0.2, 0) is 4.79 Å². The Labute approximate surface area is 133 Å². The number of hydrogen-bond donors (Lipinski definition) is 1. The molecule has 1 saturated heterocycles. The molecule has 1 N–H and O–H groups in total. The van der Waals surface area contributed by atoms with Gasteiger partial charge in [-0.1, -0.05) is 72.0 Å². The van der Waals surface area contributed by atoms with Crippen LogP contribution in [0, 0.1) is 6.92 Å². The normalized spacial score (nSPS) is 16.3. The molecule has 4 heteroatoms. The minimum Gasteiger partial charge on any atom is -0.307 e. The van der Waals surface area contributed by atoms with Crippen LogP contribution in [0.1, 0.15) is 11.1 Å². The molecule has 21 heavy (non-hydrogen) atoms. The maximum Gasteiger partial charge on any atom is 0.263 e. The molecule has 0 bridgehead atoms. The van der Waals surface area contributed by atoms with E-state index < -0.39 is 0 Å². The summed E-state index contributed by atoms with van der Waals surface area (Å²) in [6.07, 6.45) is 1.87. The minimum atomic E-state index is -0.119. The molecule has 1 aliphatic rings. The Morgan fingerprint density at radius 3 is 2.48 bits per heavy atom. The van der Waals surface area contributed by atoms with Crippen LogP contribution in [0.4, 0.5) is 0 Å². The molecule has 0 radical (unpaired) electrons. The monoisotopic (exact) mass is 311 g/mol. The Morgan fingerprint density at radius 2 is 1.81 bits per heavy atom. The van der Waals surface area contributed by atoms with E-state index in [1.54, 1.807) is 0 Å². The van der Waals surface area contributed by atoms with Crippen molar-refractivity contribution in [3.8, 4) is 11.1 Å². The van der Waals surface area contributed by atoms with E-state index in [2.05, 4.69) is 48.6 Å². The first-order valence-corrected chi connectivity index (χ1v) is 7.76. The van der Waals surface area contributed by atoms with Gasteiger partial charge >= 0.3 is 0 Å². The van der Waals surface area contributed by atoms with Crippen LogP contribution in [0.2, 0.25) is 0 Å². The van der Waals surface area contributed by atoms with Gasteiger partial charge in [0.15, 0.2) is 0 Å². The Morgan fingerprint density at radius 1 is 1.10 bits per heavy atom. The summed E-state index contributed by atoms with van der Waals surface area (Å²) in [5.74, 6) is -0.119. The van der Waals surface area contributed by atoms with Crippen molar-refractivity contribution in [1.29, 1.82) is 0 Å². The number of benzene rings is 2. The number of nitrogens with one attached hydrogen (secondary N) is 1. The molecule has 1 fully saturated rings. The van der Waals surface area contributed by atoms with Crippen molar-refractivity contribution in [2.75, 3.05) is 0 Å². The molecule has 3 rings (SSSR count). The van der Waals surface area contributed by atoms with E-state index in [9.17, 15) is 4.79 Å². The zero-order chi connectivity index (χ0) is 14.8. The molecule has 0 saturated carbocycles. The van der Waals surface area contributed by atoms with Crippen LogP contribution >= 0.6 is 24.0 Å². The molecule has 2 nitrogen and oxygen atoms in total. The fraction of sp³-hybridized carbons (Fsp3) is 0.0588. The third-order valence-corrected chi connectivity index (χ3v) is 4.34. The molecule has 0 aliphatic carbocycles. The number of rotatable bonds is 2. The summed E-state index contributed by atoms with van der Waals surface area (Å²) in [5.41, 5.74) is 4.54. The molecule has 2 aromatic carbocycles. The van der Waals surface area contributed by atoms with Crippen LogP contribution < -0.4 is 5.32 Å². The molecular formula is C17H13NOS2. The molecular weight excluding hydrogens is 298 g/mol. The van der Waals surface area contributed by atoms with Gasteiger partial charge in [-0.15, -0.1) is 0 Å². The van der Waals surface area contributed by atoms with Crippen LogP contribution in [-0.4, -0.2) is 10.2 Å². The third kappa shape index (κ3) is 3.23. The Bertz CT molecular complexity index is 765. The van der Waals surface area contributed by atoms with Gasteiger partial charge < -0.3 is 5.32 Å². The zero-order valence-electron chi connectivity index (χ0n) is 11.4. The van der Waals surface area contributed by atoms with Crippen molar-refractivity contribution in [2.24, 2.45) is 0 Å². The highest BCUT2D eigenvalue weighted by Crippen LogP contribution is 2.27. The summed E-state index contributed by atoms with van der Waals surface area (Å²) < 4.78 is 0.515. The molecule has 0 aromatic heterocycles. The average Bonchev–Trinajstić information content (AvgIpc) is 2.77. The van der Waals surface area contributed by atoms with Crippen molar-refractivity contribution in [3.63, 3.8) is 0 Å². The van der Waals surface area contributed by atoms with Gasteiger partial charge in [0.25, 0.3) is 5.91 Å². The van der Waals surface area contributed by atoms with Crippen molar-refractivity contribution in [2.45, 2.75) is 6.92 Å². The molecule has 0 atom stereocenters. The summed E-state index contributed by atoms with van der Waals surface area (Å²) in [7, 11) is 0. The number of thiocarbonyl (C=S) groups is 1. The Hall–Kier alpha value is -1.91. The van der Waals surface area contributed by atoms with E-state index in [-0.39, 0.29) is 5.91 Å². The summed E-state index contributed by atoms with van der Waals surface area (Å²) in [5, 5.41) is 2.63. The molecule has 1 aliphatic heterocycles. The van der Waals surface area contributed by atoms with E-state index in [0.29, 0.717) is 9.23 Å². The lowest BCUT2D eigenvalue weighted by Gasteiger charge is -2.04. The molecule has 0 spiro atoms. The largest absolute Gasteiger partial charge is 0.307 e. The fourth-order valence-electron chi connectivity index (χ4n) is 2.21. The average molecular weight is 311 g/mol. The maximum absolute atomic E-state index is 11.7. The van der Waals surface area contributed by atoms with Gasteiger partial charge in [0.1, 0.15) is 4.32 Å². The van der Waals surface area contributed by atoms with Crippen molar-refractivity contribution in [3.05, 3.63) is 64.6 Å². The quantitative estimate of drug-likeness (QED) is 0.667. The van der Waals surface area contributed by atoms with Crippen LogP contribution in [0.5, 0.6) is 0 Å². The van der Waals surface area contributed by atoms with Crippen LogP contribution in [0.25, 0.3) is 17.2 Å². The lowest BCUT2D eigenvalue weighted by Crippen LogP contribution is -2.17. The van der Waals surface area contributed by atoms with Gasteiger partial charge in [-0.3, -0.25) is 4.79 Å². The molecule has 0 unspecified atom stereocenters. The first-order valence-electron chi connectivity index (χ1n) is 6.54. The van der Waals surface area contributed by atoms with E-state index in [1.807, 2.05) is 18.2 Å². The summed E-state index contributed by atoms with van der Waals surface area (Å²) in [4.78, 5) is 12.3. The topological polar surface area (TPSA) is 29.1 Å². The second-order valence-corrected chi connectivity index (χ2v) is 6.57. The molecule has 2 aromatic rings. The summed E-state index contributed by atoms with van der Waals surface area (Å²) in [6.45, 7) is 2.08. The van der Waals surface area contributed by atoms with Crippen LogP contribution in [0.15, 0.2) is 53.4 Å². The number of carbonyl (C=O) groups is 1. The van der Waals surface area contributed by atoms with Gasteiger partial charge in [0.05, 0.1) is 4.91 Å². The fourth-order valence-corrected chi connectivity index (χ4v) is 3.25. The second kappa shape index (κ2) is 5.84. The molecule has 104 valence electrons. The SMILES string of the molecule is Cc1cccc(-c2cccc(/C=C3\SC(=S)NC3=O)c2)c1. The highest BCUT2D eigenvalue weighted by Gasteiger charge is 2.21. The number of carbonyl (C=O) groups excluding carboxylic acids is 1. The predicted molar refractivity (Wildman–Crippen MR) is 92.9 cm³/mol. The summed E-state index contributed by atoms with van der Waals surface area (Å²) >= 11 is 6.30. The third-order valence-electron chi connectivity index (χ3n) is 3.18. The first kappa shape index (κ1) is 14.0. The smallest absolute Gasteiger partial charge is 0.263 e. The van der Waals surface area contributed by atoms with Gasteiger partial charge in [-0.25, -0.2) is 0 Å². The zero-order valence-corrected chi connectivity index (χ0v) is 13.1. The lowest BCUT2D eigenvalue weighted by molar-refractivity contribution is -0.115. The number of hydrogen-bond acceptors (Lipinski definition) is 3. The number of thioether (sulfide) groups is 1. The van der Waals surface area contributed by atoms with Crippen molar-refractivity contribution in [1.82, 2.24) is 5.32 Å². The highest BCUT2D eigenvalue weighted by molar-refractivity contribution is 8.26. The Kier molecular flexibility index (Phi) is 3.90.